The van der Waals surface area contributed by atoms with E-state index in [1.54, 1.807) is 0 Å². The van der Waals surface area contributed by atoms with Crippen LogP contribution in [0.25, 0.3) is 0 Å². The molecule has 1 heterocycles. The van der Waals surface area contributed by atoms with Gasteiger partial charge in [-0.3, -0.25) is 5.32 Å². The van der Waals surface area contributed by atoms with Crippen LogP contribution in [-0.2, 0) is 0 Å². The normalized spacial score (nSPS) is 35.2. The zero-order valence-corrected chi connectivity index (χ0v) is 5.28. The van der Waals surface area contributed by atoms with Crippen LogP contribution in [0.3, 0.4) is 0 Å². The molecule has 0 aliphatic carbocycles. The highest BCUT2D eigenvalue weighted by molar-refractivity contribution is 4.91. The monoisotopic (exact) mass is 115 g/mol. The molecule has 2 nitrogen and oxygen atoms in total. The van der Waals surface area contributed by atoms with Crippen LogP contribution in [0.1, 0.15) is 26.2 Å². The van der Waals surface area contributed by atoms with Crippen LogP contribution in [0.2, 0.25) is 0 Å². The number of rotatable bonds is 3. The highest BCUT2D eigenvalue weighted by Crippen LogP contribution is 2.19. The number of hydrogen-bond donors (Lipinski definition) is 2. The van der Waals surface area contributed by atoms with Gasteiger partial charge in [0, 0.05) is 6.54 Å². The van der Waals surface area contributed by atoms with Gasteiger partial charge in [-0.2, -0.15) is 0 Å². The molecule has 2 N–H and O–H groups in total. The lowest BCUT2D eigenvalue weighted by molar-refractivity contribution is 0.132. The molecule has 1 saturated heterocycles. The quantitative estimate of drug-likeness (QED) is 0.525. The fourth-order valence-electron chi connectivity index (χ4n) is 0.748. The molecule has 0 spiro atoms. The average molecular weight is 115 g/mol. The molecule has 1 aliphatic heterocycles. The zero-order valence-electron chi connectivity index (χ0n) is 5.28. The Kier molecular flexibility index (Phi) is 1.54. The Labute approximate surface area is 49.9 Å². The van der Waals surface area contributed by atoms with Crippen molar-refractivity contribution >= 4 is 0 Å². The van der Waals surface area contributed by atoms with Crippen molar-refractivity contribution in [3.8, 4) is 0 Å². The SMILES string of the molecule is CCCCC1(O)CN1. The number of β-amino-alcohol motifs (C(OH)–C–C–N with tert-alkyl or cyclic N) is 1. The fourth-order valence-corrected chi connectivity index (χ4v) is 0.748. The molecule has 0 saturated carbocycles. The van der Waals surface area contributed by atoms with Gasteiger partial charge in [-0.25, -0.2) is 0 Å². The number of nitrogens with one attached hydrogen (secondary N) is 1. The zero-order chi connectivity index (χ0) is 6.04. The molecule has 2 heteroatoms. The van der Waals surface area contributed by atoms with Gasteiger partial charge in [0.05, 0.1) is 0 Å². The molecule has 0 radical (unpaired) electrons. The summed E-state index contributed by atoms with van der Waals surface area (Å²) in [4.78, 5) is 0. The summed E-state index contributed by atoms with van der Waals surface area (Å²) < 4.78 is 0. The van der Waals surface area contributed by atoms with E-state index in [2.05, 4.69) is 12.2 Å². The molecule has 1 atom stereocenters. The number of hydrogen-bond acceptors (Lipinski definition) is 2. The Morgan fingerprint density at radius 1 is 1.75 bits per heavy atom. The van der Waals surface area contributed by atoms with Crippen molar-refractivity contribution in [1.29, 1.82) is 0 Å². The molecular formula is C6H13NO. The minimum atomic E-state index is -0.448. The van der Waals surface area contributed by atoms with E-state index >= 15 is 0 Å². The van der Waals surface area contributed by atoms with Crippen molar-refractivity contribution in [3.05, 3.63) is 0 Å². The van der Waals surface area contributed by atoms with E-state index in [-0.39, 0.29) is 0 Å². The topological polar surface area (TPSA) is 42.2 Å². The van der Waals surface area contributed by atoms with Crippen LogP contribution in [0, 0.1) is 0 Å². The van der Waals surface area contributed by atoms with Crippen LogP contribution >= 0.6 is 0 Å². The fraction of sp³-hybridized carbons (Fsp3) is 1.00. The van der Waals surface area contributed by atoms with Crippen LogP contribution < -0.4 is 5.32 Å². The van der Waals surface area contributed by atoms with Crippen LogP contribution in [0.5, 0.6) is 0 Å². The third-order valence-corrected chi connectivity index (χ3v) is 1.53. The largest absolute Gasteiger partial charge is 0.375 e. The van der Waals surface area contributed by atoms with Gasteiger partial charge in [0.1, 0.15) is 5.72 Å². The molecule has 1 fully saturated rings. The Balaban J connectivity index is 2.01. The van der Waals surface area contributed by atoms with E-state index in [9.17, 15) is 0 Å². The van der Waals surface area contributed by atoms with E-state index in [1.165, 1.54) is 6.42 Å². The smallest absolute Gasteiger partial charge is 0.128 e. The van der Waals surface area contributed by atoms with Gasteiger partial charge in [0.2, 0.25) is 0 Å². The maximum atomic E-state index is 9.15. The maximum absolute atomic E-state index is 9.15. The first kappa shape index (κ1) is 6.05. The molecule has 0 aromatic heterocycles. The molecule has 1 rings (SSSR count). The third-order valence-electron chi connectivity index (χ3n) is 1.53. The second-order valence-corrected chi connectivity index (χ2v) is 2.49. The first-order valence-electron chi connectivity index (χ1n) is 3.24. The van der Waals surface area contributed by atoms with E-state index in [4.69, 9.17) is 5.11 Å². The van der Waals surface area contributed by atoms with Gasteiger partial charge in [-0.05, 0) is 12.8 Å². The molecule has 0 amide bonds. The van der Waals surface area contributed by atoms with Crippen molar-refractivity contribution in [1.82, 2.24) is 5.32 Å². The Hall–Kier alpha value is -0.0800. The molecule has 1 aliphatic rings. The molecule has 1 unspecified atom stereocenters. The number of aliphatic hydroxyl groups is 1. The molecule has 0 aromatic carbocycles. The molecule has 0 aromatic rings. The standard InChI is InChI=1S/C6H13NO/c1-2-3-4-6(8)5-7-6/h7-8H,2-5H2,1H3. The lowest BCUT2D eigenvalue weighted by atomic mass is 10.2. The molecule has 0 bridgehead atoms. The summed E-state index contributed by atoms with van der Waals surface area (Å²) in [6.45, 7) is 2.93. The molecule has 48 valence electrons. The highest BCUT2D eigenvalue weighted by atomic mass is 16.3. The minimum absolute atomic E-state index is 0.448. The van der Waals surface area contributed by atoms with Crippen molar-refractivity contribution in [2.75, 3.05) is 6.54 Å². The van der Waals surface area contributed by atoms with Crippen molar-refractivity contribution in [3.63, 3.8) is 0 Å². The van der Waals surface area contributed by atoms with E-state index in [1.807, 2.05) is 0 Å². The maximum Gasteiger partial charge on any atom is 0.128 e. The average Bonchev–Trinajstić information content (AvgIpc) is 2.45. The van der Waals surface area contributed by atoms with Gasteiger partial charge in [0.25, 0.3) is 0 Å². The van der Waals surface area contributed by atoms with E-state index < -0.39 is 5.72 Å². The summed E-state index contributed by atoms with van der Waals surface area (Å²) in [6.07, 6.45) is 3.22. The van der Waals surface area contributed by atoms with Crippen molar-refractivity contribution in [2.45, 2.75) is 31.9 Å². The second-order valence-electron chi connectivity index (χ2n) is 2.49. The summed E-state index contributed by atoms with van der Waals surface area (Å²) >= 11 is 0. The molecular weight excluding hydrogens is 102 g/mol. The number of unbranched alkanes of at least 4 members (excludes halogenated alkanes) is 1. The van der Waals surface area contributed by atoms with Crippen LogP contribution in [0.15, 0.2) is 0 Å². The summed E-state index contributed by atoms with van der Waals surface area (Å²) in [5.74, 6) is 0. The van der Waals surface area contributed by atoms with Gasteiger partial charge in [-0.15, -0.1) is 0 Å². The van der Waals surface area contributed by atoms with Crippen molar-refractivity contribution < 1.29 is 5.11 Å². The Morgan fingerprint density at radius 3 is 2.75 bits per heavy atom. The van der Waals surface area contributed by atoms with Crippen LogP contribution in [0.4, 0.5) is 0 Å². The first-order valence-corrected chi connectivity index (χ1v) is 3.24. The van der Waals surface area contributed by atoms with Gasteiger partial charge < -0.3 is 5.11 Å². The predicted molar refractivity (Wildman–Crippen MR) is 32.5 cm³/mol. The summed E-state index contributed by atoms with van der Waals surface area (Å²) in [5, 5.41) is 12.0. The second kappa shape index (κ2) is 2.03. The molecule has 8 heavy (non-hydrogen) atoms. The van der Waals surface area contributed by atoms with Gasteiger partial charge in [0.15, 0.2) is 0 Å². The van der Waals surface area contributed by atoms with Crippen molar-refractivity contribution in [2.24, 2.45) is 0 Å². The highest BCUT2D eigenvalue weighted by Gasteiger charge is 2.38. The lowest BCUT2D eigenvalue weighted by Gasteiger charge is -2.01. The lowest BCUT2D eigenvalue weighted by Crippen LogP contribution is -2.12. The van der Waals surface area contributed by atoms with Gasteiger partial charge in [-0.1, -0.05) is 13.3 Å². The predicted octanol–water partition coefficient (Wildman–Crippen LogP) is 0.468. The summed E-state index contributed by atoms with van der Waals surface area (Å²) in [6, 6.07) is 0. The summed E-state index contributed by atoms with van der Waals surface area (Å²) in [7, 11) is 0. The third kappa shape index (κ3) is 1.46. The summed E-state index contributed by atoms with van der Waals surface area (Å²) in [5.41, 5.74) is -0.448. The Bertz CT molecular complexity index is 78.6. The van der Waals surface area contributed by atoms with E-state index in [0.29, 0.717) is 0 Å². The van der Waals surface area contributed by atoms with Crippen LogP contribution in [-0.4, -0.2) is 17.4 Å². The first-order chi connectivity index (χ1) is 3.77. The van der Waals surface area contributed by atoms with Gasteiger partial charge >= 0.3 is 0 Å². The Morgan fingerprint density at radius 2 is 2.38 bits per heavy atom. The minimum Gasteiger partial charge on any atom is -0.375 e. The van der Waals surface area contributed by atoms with E-state index in [0.717, 1.165) is 19.4 Å².